The van der Waals surface area contributed by atoms with Crippen molar-refractivity contribution >= 4 is 23.2 Å². The number of phenols is 1. The maximum absolute atomic E-state index is 12.6. The highest BCUT2D eigenvalue weighted by Crippen LogP contribution is 2.37. The third-order valence-electron chi connectivity index (χ3n) is 4.20. The fourth-order valence-corrected chi connectivity index (χ4v) is 2.96. The normalized spacial score (nSPS) is 10.4. The second-order valence-electron chi connectivity index (χ2n) is 6.49. The number of carbonyl (C=O) groups is 1. The lowest BCUT2D eigenvalue weighted by Gasteiger charge is -2.15. The van der Waals surface area contributed by atoms with Crippen LogP contribution in [0.2, 0.25) is 5.02 Å². The zero-order valence-corrected chi connectivity index (χ0v) is 17.0. The summed E-state index contributed by atoms with van der Waals surface area (Å²) in [5.74, 6) is 0.585. The minimum Gasteiger partial charge on any atom is -0.508 e. The summed E-state index contributed by atoms with van der Waals surface area (Å²) < 4.78 is 11.6. The first-order valence-corrected chi connectivity index (χ1v) is 9.59. The molecule has 0 atom stereocenters. The Bertz CT molecular complexity index is 985. The summed E-state index contributed by atoms with van der Waals surface area (Å²) in [6.45, 7) is 4.61. The molecule has 0 saturated heterocycles. The number of aryl methyl sites for hydroxylation is 1. The van der Waals surface area contributed by atoms with Crippen molar-refractivity contribution in [1.29, 1.82) is 0 Å². The average Bonchev–Trinajstić information content (AvgIpc) is 2.70. The largest absolute Gasteiger partial charge is 0.508 e. The number of amides is 1. The van der Waals surface area contributed by atoms with Crippen LogP contribution in [0.4, 0.5) is 5.69 Å². The number of phenolic OH excluding ortho intramolecular Hbond substituents is 1. The van der Waals surface area contributed by atoms with Crippen LogP contribution in [0.25, 0.3) is 0 Å². The Kier molecular flexibility index (Phi) is 6.62. The van der Waals surface area contributed by atoms with Crippen LogP contribution in [0.5, 0.6) is 17.2 Å². The minimum atomic E-state index is -0.344. The number of hydrogen-bond acceptors (Lipinski definition) is 4. The molecule has 5 nitrogen and oxygen atoms in total. The Morgan fingerprint density at radius 3 is 2.38 bits per heavy atom. The molecule has 0 heterocycles. The van der Waals surface area contributed by atoms with Gasteiger partial charge in [0.2, 0.25) is 0 Å². The fourth-order valence-electron chi connectivity index (χ4n) is 2.69. The van der Waals surface area contributed by atoms with Crippen LogP contribution in [0.3, 0.4) is 0 Å². The van der Waals surface area contributed by atoms with E-state index < -0.39 is 0 Å². The molecule has 6 heteroatoms. The molecule has 0 radical (unpaired) electrons. The molecule has 0 aliphatic rings. The van der Waals surface area contributed by atoms with E-state index in [0.717, 1.165) is 5.56 Å². The van der Waals surface area contributed by atoms with Crippen molar-refractivity contribution in [1.82, 2.24) is 0 Å². The van der Waals surface area contributed by atoms with Crippen LogP contribution >= 0.6 is 11.6 Å². The fraction of sp³-hybridized carbons (Fsp3) is 0.174. The summed E-state index contributed by atoms with van der Waals surface area (Å²) in [4.78, 5) is 12.6. The van der Waals surface area contributed by atoms with Gasteiger partial charge in [-0.3, -0.25) is 4.79 Å². The van der Waals surface area contributed by atoms with Crippen molar-refractivity contribution < 1.29 is 19.4 Å². The van der Waals surface area contributed by atoms with E-state index in [4.69, 9.17) is 21.1 Å². The van der Waals surface area contributed by atoms with Gasteiger partial charge in [0.05, 0.1) is 11.6 Å². The van der Waals surface area contributed by atoms with Gasteiger partial charge in [-0.1, -0.05) is 41.4 Å². The van der Waals surface area contributed by atoms with Crippen molar-refractivity contribution in [2.45, 2.75) is 20.5 Å². The Balaban J connectivity index is 1.80. The third kappa shape index (κ3) is 5.42. The number of benzene rings is 3. The number of nitrogens with one attached hydrogen (secondary N) is 1. The Labute approximate surface area is 174 Å². The number of halogens is 1. The van der Waals surface area contributed by atoms with Crippen molar-refractivity contribution in [2.75, 3.05) is 11.9 Å². The van der Waals surface area contributed by atoms with Gasteiger partial charge in [0, 0.05) is 11.3 Å². The van der Waals surface area contributed by atoms with Gasteiger partial charge in [-0.25, -0.2) is 0 Å². The smallest absolute Gasteiger partial charge is 0.255 e. The van der Waals surface area contributed by atoms with Crippen LogP contribution in [-0.2, 0) is 6.61 Å². The molecule has 0 saturated carbocycles. The van der Waals surface area contributed by atoms with E-state index in [1.54, 1.807) is 24.3 Å². The highest BCUT2D eigenvalue weighted by Gasteiger charge is 2.17. The molecule has 2 N–H and O–H groups in total. The summed E-state index contributed by atoms with van der Waals surface area (Å²) >= 11 is 6.41. The predicted octanol–water partition coefficient (Wildman–Crippen LogP) is 5.58. The molecule has 29 heavy (non-hydrogen) atoms. The first-order valence-electron chi connectivity index (χ1n) is 9.21. The van der Waals surface area contributed by atoms with Crippen molar-refractivity contribution in [3.05, 3.63) is 82.4 Å². The number of anilines is 1. The van der Waals surface area contributed by atoms with Crippen LogP contribution in [-0.4, -0.2) is 17.6 Å². The molecule has 0 bridgehead atoms. The average molecular weight is 412 g/mol. The summed E-state index contributed by atoms with van der Waals surface area (Å²) in [7, 11) is 0. The van der Waals surface area contributed by atoms with Gasteiger partial charge in [-0.2, -0.15) is 0 Å². The van der Waals surface area contributed by atoms with Crippen LogP contribution in [0.1, 0.15) is 28.4 Å². The molecule has 0 aliphatic heterocycles. The Morgan fingerprint density at radius 2 is 1.72 bits per heavy atom. The number of rotatable bonds is 7. The lowest BCUT2D eigenvalue weighted by atomic mass is 10.1. The van der Waals surface area contributed by atoms with Crippen molar-refractivity contribution in [3.63, 3.8) is 0 Å². The zero-order chi connectivity index (χ0) is 20.8. The summed E-state index contributed by atoms with van der Waals surface area (Å²) in [6.07, 6.45) is 0. The molecule has 150 valence electrons. The second kappa shape index (κ2) is 9.34. The second-order valence-corrected chi connectivity index (χ2v) is 6.90. The van der Waals surface area contributed by atoms with Gasteiger partial charge in [0.15, 0.2) is 11.5 Å². The molecular weight excluding hydrogens is 390 g/mol. The first-order chi connectivity index (χ1) is 14.0. The van der Waals surface area contributed by atoms with Gasteiger partial charge in [-0.15, -0.1) is 0 Å². The molecule has 3 rings (SSSR count). The van der Waals surface area contributed by atoms with E-state index in [9.17, 15) is 9.90 Å². The number of aromatic hydroxyl groups is 1. The minimum absolute atomic E-state index is 0.125. The van der Waals surface area contributed by atoms with Gasteiger partial charge in [0.25, 0.3) is 5.91 Å². The zero-order valence-electron chi connectivity index (χ0n) is 16.2. The van der Waals surface area contributed by atoms with Crippen LogP contribution in [0.15, 0.2) is 60.7 Å². The number of ether oxygens (including phenoxy) is 2. The maximum atomic E-state index is 12.6. The Hall–Kier alpha value is -3.18. The molecule has 0 aromatic heterocycles. The molecule has 0 aliphatic carbocycles. The lowest BCUT2D eigenvalue weighted by molar-refractivity contribution is 0.102. The maximum Gasteiger partial charge on any atom is 0.255 e. The quantitative estimate of drug-likeness (QED) is 0.498. The molecule has 0 spiro atoms. The molecule has 0 fully saturated rings. The summed E-state index contributed by atoms with van der Waals surface area (Å²) in [5, 5.41) is 12.4. The van der Waals surface area contributed by atoms with E-state index in [-0.39, 0.29) is 11.7 Å². The SMILES string of the molecule is CCOc1cc(C(=O)Nc2ccc(O)cc2)cc(Cl)c1OCc1ccc(C)cc1. The lowest BCUT2D eigenvalue weighted by Crippen LogP contribution is -2.12. The van der Waals surface area contributed by atoms with Crippen molar-refractivity contribution in [3.8, 4) is 17.2 Å². The van der Waals surface area contributed by atoms with E-state index in [2.05, 4.69) is 5.32 Å². The Morgan fingerprint density at radius 1 is 1.03 bits per heavy atom. The summed E-state index contributed by atoms with van der Waals surface area (Å²) in [5.41, 5.74) is 3.07. The monoisotopic (exact) mass is 411 g/mol. The van der Waals surface area contributed by atoms with E-state index in [1.165, 1.54) is 17.7 Å². The van der Waals surface area contributed by atoms with Gasteiger partial charge >= 0.3 is 0 Å². The highest BCUT2D eigenvalue weighted by atomic mass is 35.5. The molecule has 3 aromatic rings. The number of carbonyl (C=O) groups excluding carboxylic acids is 1. The molecule has 3 aromatic carbocycles. The highest BCUT2D eigenvalue weighted by molar-refractivity contribution is 6.32. The van der Waals surface area contributed by atoms with E-state index in [0.29, 0.717) is 41.0 Å². The van der Waals surface area contributed by atoms with E-state index >= 15 is 0 Å². The third-order valence-corrected chi connectivity index (χ3v) is 4.48. The topological polar surface area (TPSA) is 67.8 Å². The van der Waals surface area contributed by atoms with Gasteiger partial charge < -0.3 is 19.9 Å². The number of hydrogen-bond donors (Lipinski definition) is 2. The van der Waals surface area contributed by atoms with E-state index in [1.807, 2.05) is 38.1 Å². The predicted molar refractivity (Wildman–Crippen MR) is 114 cm³/mol. The molecule has 1 amide bonds. The first kappa shape index (κ1) is 20.6. The van der Waals surface area contributed by atoms with Crippen LogP contribution < -0.4 is 14.8 Å². The molecular formula is C23H22ClNO4. The summed E-state index contributed by atoms with van der Waals surface area (Å²) in [6, 6.07) is 17.4. The van der Waals surface area contributed by atoms with Gasteiger partial charge in [-0.05, 0) is 55.8 Å². The standard InChI is InChI=1S/C23H22ClNO4/c1-3-28-21-13-17(23(27)25-18-8-10-19(26)11-9-18)12-20(24)22(21)29-14-16-6-4-15(2)5-7-16/h4-13,26H,3,14H2,1-2H3,(H,25,27). The molecule has 0 unspecified atom stereocenters. The van der Waals surface area contributed by atoms with Gasteiger partial charge in [0.1, 0.15) is 12.4 Å². The van der Waals surface area contributed by atoms with Crippen molar-refractivity contribution in [2.24, 2.45) is 0 Å². The van der Waals surface area contributed by atoms with Crippen LogP contribution in [0, 0.1) is 6.92 Å².